The summed E-state index contributed by atoms with van der Waals surface area (Å²) in [5, 5.41) is 1.47. The molecule has 5 nitrogen and oxygen atoms in total. The lowest BCUT2D eigenvalue weighted by molar-refractivity contribution is -0.166. The zero-order chi connectivity index (χ0) is 18.7. The third kappa shape index (κ3) is 4.09. The second-order valence-electron chi connectivity index (χ2n) is 8.29. The normalized spacial score (nSPS) is 16.2. The van der Waals surface area contributed by atoms with Crippen molar-refractivity contribution in [1.82, 2.24) is 14.6 Å². The number of amides is 1. The first-order chi connectivity index (χ1) is 12.4. The number of benzene rings is 1. The van der Waals surface area contributed by atoms with Crippen molar-refractivity contribution in [2.24, 2.45) is 5.92 Å². The Balaban J connectivity index is 1.82. The Labute approximate surface area is 156 Å². The third-order valence-corrected chi connectivity index (χ3v) is 5.10. The Morgan fingerprint density at radius 3 is 2.65 bits per heavy atom. The van der Waals surface area contributed by atoms with E-state index in [9.17, 15) is 4.79 Å². The van der Waals surface area contributed by atoms with Gasteiger partial charge in [0.2, 0.25) is 0 Å². The molecule has 1 aliphatic rings. The molecule has 0 unspecified atom stereocenters. The first kappa shape index (κ1) is 18.9. The molecule has 5 heteroatoms. The number of carbonyl (C=O) groups is 1. The molecule has 3 rings (SSSR count). The first-order valence-corrected chi connectivity index (χ1v) is 9.82. The van der Waals surface area contributed by atoms with Crippen LogP contribution in [-0.2, 0) is 11.4 Å². The van der Waals surface area contributed by atoms with Gasteiger partial charge in [0.1, 0.15) is 0 Å². The quantitative estimate of drug-likeness (QED) is 0.722. The van der Waals surface area contributed by atoms with Gasteiger partial charge in [-0.3, -0.25) is 9.63 Å². The maximum absolute atomic E-state index is 12.9. The Bertz CT molecular complexity index is 754. The molecule has 2 aromatic rings. The van der Waals surface area contributed by atoms with E-state index in [-0.39, 0.29) is 5.91 Å². The summed E-state index contributed by atoms with van der Waals surface area (Å²) in [6.07, 6.45) is 8.59. The molecule has 142 valence electrons. The monoisotopic (exact) mass is 357 g/mol. The standard InChI is InChI=1S/C21H31N3O2/c1-5-26-24(21(2,3)4)20(25)17-11-12-19-18(13-17)22-15-23(19)14-16-9-7-6-8-10-16/h11-13,15-16H,5-10,14H2,1-4H3. The van der Waals surface area contributed by atoms with Crippen LogP contribution in [0.3, 0.4) is 0 Å². The SMILES string of the molecule is CCON(C(=O)c1ccc2c(c1)ncn2CC1CCCCC1)C(C)(C)C. The number of imidazole rings is 1. The van der Waals surface area contributed by atoms with Crippen LogP contribution in [-0.4, -0.2) is 32.7 Å². The molecule has 1 aliphatic carbocycles. The third-order valence-electron chi connectivity index (χ3n) is 5.10. The molecule has 1 saturated carbocycles. The van der Waals surface area contributed by atoms with Crippen molar-refractivity contribution in [2.75, 3.05) is 6.61 Å². The maximum atomic E-state index is 12.9. The van der Waals surface area contributed by atoms with Crippen LogP contribution in [0.1, 0.15) is 70.2 Å². The number of rotatable bonds is 5. The van der Waals surface area contributed by atoms with Gasteiger partial charge in [0.05, 0.1) is 29.5 Å². The van der Waals surface area contributed by atoms with Gasteiger partial charge in [-0.1, -0.05) is 19.3 Å². The van der Waals surface area contributed by atoms with Crippen LogP contribution in [0, 0.1) is 5.92 Å². The van der Waals surface area contributed by atoms with E-state index in [1.165, 1.54) is 37.2 Å². The minimum absolute atomic E-state index is 0.122. The number of nitrogens with zero attached hydrogens (tertiary/aromatic N) is 3. The summed E-state index contributed by atoms with van der Waals surface area (Å²) in [4.78, 5) is 23.1. The molecule has 1 heterocycles. The van der Waals surface area contributed by atoms with Crippen molar-refractivity contribution in [2.45, 2.75) is 71.9 Å². The minimum atomic E-state index is -0.400. The molecule has 1 aromatic carbocycles. The topological polar surface area (TPSA) is 47.4 Å². The molecule has 0 N–H and O–H groups in total. The van der Waals surface area contributed by atoms with E-state index in [4.69, 9.17) is 4.84 Å². The molecule has 0 bridgehead atoms. The lowest BCUT2D eigenvalue weighted by Crippen LogP contribution is -2.45. The number of fused-ring (bicyclic) bond motifs is 1. The van der Waals surface area contributed by atoms with Gasteiger partial charge in [0.15, 0.2) is 0 Å². The summed E-state index contributed by atoms with van der Waals surface area (Å²) < 4.78 is 2.24. The Kier molecular flexibility index (Phi) is 5.66. The number of hydrogen-bond acceptors (Lipinski definition) is 3. The molecule has 0 aliphatic heterocycles. The van der Waals surface area contributed by atoms with Crippen LogP contribution in [0.25, 0.3) is 11.0 Å². The summed E-state index contributed by atoms with van der Waals surface area (Å²) >= 11 is 0. The van der Waals surface area contributed by atoms with Crippen LogP contribution in [0.2, 0.25) is 0 Å². The van der Waals surface area contributed by atoms with E-state index in [1.54, 1.807) is 0 Å². The molecule has 0 atom stereocenters. The Morgan fingerprint density at radius 2 is 2.00 bits per heavy atom. The highest BCUT2D eigenvalue weighted by molar-refractivity contribution is 5.97. The van der Waals surface area contributed by atoms with Gasteiger partial charge in [-0.2, -0.15) is 0 Å². The number of carbonyl (C=O) groups excluding carboxylic acids is 1. The average Bonchev–Trinajstić information content (AvgIpc) is 3.01. The Morgan fingerprint density at radius 1 is 1.27 bits per heavy atom. The summed E-state index contributed by atoms with van der Waals surface area (Å²) in [5.41, 5.74) is 2.19. The van der Waals surface area contributed by atoms with Gasteiger partial charge in [0.25, 0.3) is 5.91 Å². The van der Waals surface area contributed by atoms with Crippen molar-refractivity contribution < 1.29 is 9.63 Å². The van der Waals surface area contributed by atoms with Crippen LogP contribution in [0.15, 0.2) is 24.5 Å². The van der Waals surface area contributed by atoms with Crippen molar-refractivity contribution in [3.05, 3.63) is 30.1 Å². The van der Waals surface area contributed by atoms with Gasteiger partial charge >= 0.3 is 0 Å². The molecule has 26 heavy (non-hydrogen) atoms. The van der Waals surface area contributed by atoms with Crippen LogP contribution >= 0.6 is 0 Å². The number of hydroxylamine groups is 2. The summed E-state index contributed by atoms with van der Waals surface area (Å²) in [7, 11) is 0. The maximum Gasteiger partial charge on any atom is 0.278 e. The van der Waals surface area contributed by atoms with E-state index in [2.05, 4.69) is 9.55 Å². The van der Waals surface area contributed by atoms with Gasteiger partial charge in [-0.25, -0.2) is 10.0 Å². The highest BCUT2D eigenvalue weighted by Crippen LogP contribution is 2.27. The molecular weight excluding hydrogens is 326 g/mol. The fraction of sp³-hybridized carbons (Fsp3) is 0.619. The van der Waals surface area contributed by atoms with E-state index >= 15 is 0 Å². The largest absolute Gasteiger partial charge is 0.330 e. The summed E-state index contributed by atoms with van der Waals surface area (Å²) in [6.45, 7) is 9.29. The van der Waals surface area contributed by atoms with E-state index in [0.717, 1.165) is 23.5 Å². The summed E-state index contributed by atoms with van der Waals surface area (Å²) in [6, 6.07) is 5.79. The zero-order valence-corrected chi connectivity index (χ0v) is 16.5. The minimum Gasteiger partial charge on any atom is -0.330 e. The molecular formula is C21H31N3O2. The van der Waals surface area contributed by atoms with Crippen LogP contribution in [0.5, 0.6) is 0 Å². The molecule has 1 amide bonds. The van der Waals surface area contributed by atoms with Crippen LogP contribution in [0.4, 0.5) is 0 Å². The van der Waals surface area contributed by atoms with E-state index in [0.29, 0.717) is 12.2 Å². The number of aromatic nitrogens is 2. The van der Waals surface area contributed by atoms with Gasteiger partial charge in [0, 0.05) is 12.1 Å². The van der Waals surface area contributed by atoms with E-state index in [1.807, 2.05) is 52.2 Å². The van der Waals surface area contributed by atoms with Gasteiger partial charge in [-0.15, -0.1) is 0 Å². The first-order valence-electron chi connectivity index (χ1n) is 9.82. The number of hydrogen-bond donors (Lipinski definition) is 0. The zero-order valence-electron chi connectivity index (χ0n) is 16.5. The predicted octanol–water partition coefficient (Wildman–Crippen LogP) is 4.81. The smallest absolute Gasteiger partial charge is 0.278 e. The highest BCUT2D eigenvalue weighted by atomic mass is 16.7. The van der Waals surface area contributed by atoms with Crippen LogP contribution < -0.4 is 0 Å². The van der Waals surface area contributed by atoms with Crippen molar-refractivity contribution in [1.29, 1.82) is 0 Å². The fourth-order valence-electron chi connectivity index (χ4n) is 3.79. The molecule has 0 radical (unpaired) electrons. The second-order valence-corrected chi connectivity index (χ2v) is 8.29. The fourth-order valence-corrected chi connectivity index (χ4v) is 3.79. The summed E-state index contributed by atoms with van der Waals surface area (Å²) in [5.74, 6) is 0.625. The molecule has 0 saturated heterocycles. The van der Waals surface area contributed by atoms with Crippen molar-refractivity contribution in [3.63, 3.8) is 0 Å². The van der Waals surface area contributed by atoms with Crippen molar-refractivity contribution in [3.8, 4) is 0 Å². The van der Waals surface area contributed by atoms with Crippen molar-refractivity contribution >= 4 is 16.9 Å². The highest BCUT2D eigenvalue weighted by Gasteiger charge is 2.29. The van der Waals surface area contributed by atoms with Gasteiger partial charge < -0.3 is 4.57 Å². The van der Waals surface area contributed by atoms with Gasteiger partial charge in [-0.05, 0) is 64.7 Å². The predicted molar refractivity (Wildman–Crippen MR) is 104 cm³/mol. The second kappa shape index (κ2) is 7.78. The average molecular weight is 357 g/mol. The molecule has 1 fully saturated rings. The Hall–Kier alpha value is -1.88. The lowest BCUT2D eigenvalue weighted by atomic mass is 9.89. The molecule has 0 spiro atoms. The van der Waals surface area contributed by atoms with E-state index < -0.39 is 5.54 Å². The molecule has 1 aromatic heterocycles. The lowest BCUT2D eigenvalue weighted by Gasteiger charge is -2.33.